The zero-order valence-corrected chi connectivity index (χ0v) is 20.8. The molecule has 1 aliphatic carbocycles. The van der Waals surface area contributed by atoms with Gasteiger partial charge in [-0.25, -0.2) is 0 Å². The fraction of sp³-hybridized carbons (Fsp3) is 0.481. The molecule has 3 aromatic rings. The first-order chi connectivity index (χ1) is 16.5. The quantitative estimate of drug-likeness (QED) is 0.507. The second kappa shape index (κ2) is 9.45. The SMILES string of the molecule is CCOc1ccc(N2C(=O)c3cc4sccc4n3C[C@@]2(C)C(=O)NC2CCCCCCC2)cc1. The maximum Gasteiger partial charge on any atom is 0.275 e. The molecule has 6 nitrogen and oxygen atoms in total. The zero-order chi connectivity index (χ0) is 23.7. The van der Waals surface area contributed by atoms with E-state index in [0.717, 1.165) is 41.6 Å². The number of fused-ring (bicyclic) bond motifs is 3. The van der Waals surface area contributed by atoms with Crippen molar-refractivity contribution in [2.24, 2.45) is 0 Å². The van der Waals surface area contributed by atoms with Crippen LogP contribution >= 0.6 is 11.3 Å². The Labute approximate surface area is 204 Å². The van der Waals surface area contributed by atoms with Gasteiger partial charge in [0.05, 0.1) is 23.4 Å². The van der Waals surface area contributed by atoms with Gasteiger partial charge in [-0.05, 0) is 68.5 Å². The van der Waals surface area contributed by atoms with E-state index in [9.17, 15) is 9.59 Å². The molecule has 0 bridgehead atoms. The number of carbonyl (C=O) groups excluding carboxylic acids is 2. The number of benzene rings is 1. The highest BCUT2D eigenvalue weighted by Gasteiger charge is 2.49. The van der Waals surface area contributed by atoms with Crippen LogP contribution in [-0.2, 0) is 11.3 Å². The van der Waals surface area contributed by atoms with E-state index in [1.807, 2.05) is 60.2 Å². The molecule has 0 saturated heterocycles. The number of nitrogens with one attached hydrogen (secondary N) is 1. The second-order valence-electron chi connectivity index (χ2n) is 9.64. The Morgan fingerprint density at radius 1 is 1.12 bits per heavy atom. The molecule has 1 atom stereocenters. The topological polar surface area (TPSA) is 63.6 Å². The number of aromatic nitrogens is 1. The molecule has 0 unspecified atom stereocenters. The maximum atomic E-state index is 14.0. The normalized spacial score (nSPS) is 21.7. The first-order valence-corrected chi connectivity index (χ1v) is 13.3. The lowest BCUT2D eigenvalue weighted by atomic mass is 9.91. The third kappa shape index (κ3) is 4.11. The average molecular weight is 480 g/mol. The summed E-state index contributed by atoms with van der Waals surface area (Å²) in [5, 5.41) is 5.38. The van der Waals surface area contributed by atoms with Gasteiger partial charge in [-0.3, -0.25) is 14.5 Å². The Bertz CT molecular complexity index is 1170. The van der Waals surface area contributed by atoms with Crippen LogP contribution in [-0.4, -0.2) is 34.6 Å². The largest absolute Gasteiger partial charge is 0.494 e. The molecule has 1 N–H and O–H groups in total. The third-order valence-electron chi connectivity index (χ3n) is 7.24. The Morgan fingerprint density at radius 3 is 2.53 bits per heavy atom. The standard InChI is InChI=1S/C27H33N3O3S/c1-3-33-21-13-11-20(12-14-21)30-25(31)23-17-24-22(15-16-34-24)29(23)18-27(30,2)26(32)28-19-9-7-5-4-6-8-10-19/h11-17,19H,3-10,18H2,1-2H3,(H,28,32)/t27-/m0/s1. The smallest absolute Gasteiger partial charge is 0.275 e. The summed E-state index contributed by atoms with van der Waals surface area (Å²) in [6.07, 6.45) is 8.02. The summed E-state index contributed by atoms with van der Waals surface area (Å²) in [6, 6.07) is 11.6. The van der Waals surface area contributed by atoms with E-state index in [0.29, 0.717) is 24.5 Å². The van der Waals surface area contributed by atoms with Crippen molar-refractivity contribution in [1.82, 2.24) is 9.88 Å². The van der Waals surface area contributed by atoms with Crippen LogP contribution in [0, 0.1) is 0 Å². The van der Waals surface area contributed by atoms with Crippen LogP contribution in [0.3, 0.4) is 0 Å². The van der Waals surface area contributed by atoms with E-state index in [-0.39, 0.29) is 17.9 Å². The van der Waals surface area contributed by atoms with Crippen LogP contribution in [0.2, 0.25) is 0 Å². The number of nitrogens with zero attached hydrogens (tertiary/aromatic N) is 2. The number of hydrogen-bond donors (Lipinski definition) is 1. The van der Waals surface area contributed by atoms with Gasteiger partial charge in [0.1, 0.15) is 17.0 Å². The molecular weight excluding hydrogens is 446 g/mol. The van der Waals surface area contributed by atoms with E-state index in [1.54, 1.807) is 16.2 Å². The summed E-state index contributed by atoms with van der Waals surface area (Å²) in [6.45, 7) is 4.84. The van der Waals surface area contributed by atoms with Gasteiger partial charge < -0.3 is 14.6 Å². The lowest BCUT2D eigenvalue weighted by Gasteiger charge is -2.44. The van der Waals surface area contributed by atoms with E-state index in [1.165, 1.54) is 19.3 Å². The third-order valence-corrected chi connectivity index (χ3v) is 8.09. The Kier molecular flexibility index (Phi) is 6.38. The highest BCUT2D eigenvalue weighted by molar-refractivity contribution is 7.17. The van der Waals surface area contributed by atoms with Gasteiger partial charge in [-0.15, -0.1) is 11.3 Å². The lowest BCUT2D eigenvalue weighted by molar-refractivity contribution is -0.127. The summed E-state index contributed by atoms with van der Waals surface area (Å²) >= 11 is 1.62. The molecule has 3 heterocycles. The minimum absolute atomic E-state index is 0.0805. The Hall–Kier alpha value is -2.80. The van der Waals surface area contributed by atoms with Crippen molar-refractivity contribution in [3.63, 3.8) is 0 Å². The van der Waals surface area contributed by atoms with Crippen molar-refractivity contribution in [2.45, 2.75) is 76.9 Å². The summed E-state index contributed by atoms with van der Waals surface area (Å²) in [5.74, 6) is 0.525. The first kappa shape index (κ1) is 23.0. The summed E-state index contributed by atoms with van der Waals surface area (Å²) in [4.78, 5) is 29.6. The number of hydrogen-bond acceptors (Lipinski definition) is 4. The van der Waals surface area contributed by atoms with E-state index >= 15 is 0 Å². The van der Waals surface area contributed by atoms with Crippen molar-refractivity contribution in [3.05, 3.63) is 47.5 Å². The van der Waals surface area contributed by atoms with Crippen molar-refractivity contribution in [1.29, 1.82) is 0 Å². The number of thiophene rings is 1. The maximum absolute atomic E-state index is 14.0. The number of carbonyl (C=O) groups is 2. The van der Waals surface area contributed by atoms with Gasteiger partial charge >= 0.3 is 0 Å². The molecule has 1 aromatic carbocycles. The first-order valence-electron chi connectivity index (χ1n) is 12.5. The predicted octanol–water partition coefficient (Wildman–Crippen LogP) is 5.75. The molecule has 34 heavy (non-hydrogen) atoms. The fourth-order valence-corrected chi connectivity index (χ4v) is 6.24. The van der Waals surface area contributed by atoms with Crippen molar-refractivity contribution < 1.29 is 14.3 Å². The van der Waals surface area contributed by atoms with Gasteiger partial charge in [0, 0.05) is 11.7 Å². The minimum atomic E-state index is -1.05. The van der Waals surface area contributed by atoms with Crippen LogP contribution in [0.25, 0.3) is 10.2 Å². The lowest BCUT2D eigenvalue weighted by Crippen LogP contribution is -2.65. The van der Waals surface area contributed by atoms with Crippen molar-refractivity contribution in [3.8, 4) is 5.75 Å². The van der Waals surface area contributed by atoms with Crippen LogP contribution in [0.4, 0.5) is 5.69 Å². The number of ether oxygens (including phenoxy) is 1. The molecule has 5 rings (SSSR count). The van der Waals surface area contributed by atoms with Gasteiger partial charge in [0.2, 0.25) is 5.91 Å². The molecule has 180 valence electrons. The molecule has 2 aromatic heterocycles. The molecule has 2 aliphatic rings. The fourth-order valence-electron chi connectivity index (χ4n) is 5.42. The molecular formula is C27H33N3O3S. The number of rotatable bonds is 5. The molecule has 0 spiro atoms. The molecule has 1 saturated carbocycles. The van der Waals surface area contributed by atoms with E-state index in [4.69, 9.17) is 4.74 Å². The average Bonchev–Trinajstić information content (AvgIpc) is 3.39. The van der Waals surface area contributed by atoms with Crippen molar-refractivity contribution >= 4 is 39.1 Å². The molecule has 0 radical (unpaired) electrons. The van der Waals surface area contributed by atoms with Crippen LogP contribution in [0.15, 0.2) is 41.8 Å². The minimum Gasteiger partial charge on any atom is -0.494 e. The van der Waals surface area contributed by atoms with Gasteiger partial charge in [-0.2, -0.15) is 0 Å². The van der Waals surface area contributed by atoms with Crippen molar-refractivity contribution in [2.75, 3.05) is 11.5 Å². The molecule has 2 amide bonds. The zero-order valence-electron chi connectivity index (χ0n) is 20.0. The van der Waals surface area contributed by atoms with E-state index in [2.05, 4.69) is 5.32 Å². The van der Waals surface area contributed by atoms with Gasteiger partial charge in [0.15, 0.2) is 0 Å². The highest BCUT2D eigenvalue weighted by atomic mass is 32.1. The Balaban J connectivity index is 1.52. The predicted molar refractivity (Wildman–Crippen MR) is 137 cm³/mol. The number of amides is 2. The molecule has 1 aliphatic heterocycles. The summed E-state index contributed by atoms with van der Waals surface area (Å²) in [5.41, 5.74) is 1.31. The monoisotopic (exact) mass is 479 g/mol. The van der Waals surface area contributed by atoms with Crippen LogP contribution < -0.4 is 15.0 Å². The molecule has 7 heteroatoms. The Morgan fingerprint density at radius 2 is 1.82 bits per heavy atom. The van der Waals surface area contributed by atoms with Gasteiger partial charge in [-0.1, -0.05) is 32.1 Å². The highest BCUT2D eigenvalue weighted by Crippen LogP contribution is 2.38. The van der Waals surface area contributed by atoms with E-state index < -0.39 is 5.54 Å². The summed E-state index contributed by atoms with van der Waals surface area (Å²) in [7, 11) is 0. The second-order valence-corrected chi connectivity index (χ2v) is 10.6. The van der Waals surface area contributed by atoms with Crippen LogP contribution in [0.1, 0.15) is 69.3 Å². The van der Waals surface area contributed by atoms with Crippen LogP contribution in [0.5, 0.6) is 5.75 Å². The van der Waals surface area contributed by atoms with Gasteiger partial charge in [0.25, 0.3) is 5.91 Å². The summed E-state index contributed by atoms with van der Waals surface area (Å²) < 4.78 is 8.69. The molecule has 1 fully saturated rings. The number of anilines is 1.